The van der Waals surface area contributed by atoms with Gasteiger partial charge in [0.05, 0.1) is 17.4 Å². The standard InChI is InChI=1S/C16H15N3O5S2/c17-7-11-1-3-12(4-2-11)23-9-15(22)24-8-13(20)18-5-6-19-14(21)10-26-16(19)25/h1-4H,5-6,8-10H2,(H,18,20). The Kier molecular flexibility index (Phi) is 7.37. The third-order valence-electron chi connectivity index (χ3n) is 3.20. The number of hydrogen-bond acceptors (Lipinski definition) is 8. The molecule has 0 radical (unpaired) electrons. The van der Waals surface area contributed by atoms with Crippen molar-refractivity contribution in [3.8, 4) is 11.8 Å². The van der Waals surface area contributed by atoms with Crippen LogP contribution in [0.15, 0.2) is 24.3 Å². The van der Waals surface area contributed by atoms with Crippen molar-refractivity contribution < 1.29 is 23.9 Å². The van der Waals surface area contributed by atoms with Crippen LogP contribution in [0.5, 0.6) is 5.75 Å². The number of nitrogens with one attached hydrogen (secondary N) is 1. The van der Waals surface area contributed by atoms with Crippen LogP contribution in [0.3, 0.4) is 0 Å². The summed E-state index contributed by atoms with van der Waals surface area (Å²) in [6.45, 7) is -0.299. The zero-order chi connectivity index (χ0) is 18.9. The van der Waals surface area contributed by atoms with Gasteiger partial charge in [0, 0.05) is 13.1 Å². The molecule has 0 aliphatic carbocycles. The number of carbonyl (C=O) groups is 3. The molecule has 0 aromatic heterocycles. The molecule has 136 valence electrons. The molecule has 1 heterocycles. The smallest absolute Gasteiger partial charge is 0.344 e. The summed E-state index contributed by atoms with van der Waals surface area (Å²) < 4.78 is 10.5. The quantitative estimate of drug-likeness (QED) is 0.501. The Morgan fingerprint density at radius 3 is 2.65 bits per heavy atom. The second-order valence-corrected chi connectivity index (χ2v) is 6.64. The van der Waals surface area contributed by atoms with Crippen LogP contribution in [-0.4, -0.2) is 59.1 Å². The normalized spacial score (nSPS) is 13.3. The van der Waals surface area contributed by atoms with E-state index >= 15 is 0 Å². The molecular formula is C16H15N3O5S2. The molecule has 10 heteroatoms. The van der Waals surface area contributed by atoms with Crippen LogP contribution in [0.1, 0.15) is 5.56 Å². The largest absolute Gasteiger partial charge is 0.482 e. The van der Waals surface area contributed by atoms with Crippen molar-refractivity contribution in [2.45, 2.75) is 0 Å². The molecule has 0 saturated carbocycles. The molecule has 1 aliphatic rings. The SMILES string of the molecule is N#Cc1ccc(OCC(=O)OCC(=O)NCCN2C(=O)CSC2=S)cc1. The number of hydrogen-bond donors (Lipinski definition) is 1. The molecule has 8 nitrogen and oxygen atoms in total. The van der Waals surface area contributed by atoms with E-state index in [-0.39, 0.29) is 25.6 Å². The lowest BCUT2D eigenvalue weighted by Gasteiger charge is -2.15. The van der Waals surface area contributed by atoms with Gasteiger partial charge in [-0.2, -0.15) is 5.26 Å². The molecule has 0 unspecified atom stereocenters. The first-order valence-corrected chi connectivity index (χ1v) is 8.91. The van der Waals surface area contributed by atoms with Crippen LogP contribution < -0.4 is 10.1 Å². The number of nitrogens with zero attached hydrogens (tertiary/aromatic N) is 2. The predicted octanol–water partition coefficient (Wildman–Crippen LogP) is 0.457. The average Bonchev–Trinajstić information content (AvgIpc) is 2.97. The van der Waals surface area contributed by atoms with Crippen molar-refractivity contribution in [2.24, 2.45) is 0 Å². The second kappa shape index (κ2) is 9.74. The molecule has 1 N–H and O–H groups in total. The summed E-state index contributed by atoms with van der Waals surface area (Å²) in [4.78, 5) is 36.1. The van der Waals surface area contributed by atoms with Gasteiger partial charge in [0.25, 0.3) is 5.91 Å². The Labute approximate surface area is 159 Å². The number of ether oxygens (including phenoxy) is 2. The van der Waals surface area contributed by atoms with E-state index < -0.39 is 18.5 Å². The summed E-state index contributed by atoms with van der Waals surface area (Å²) in [5, 5.41) is 11.2. The Morgan fingerprint density at radius 1 is 1.31 bits per heavy atom. The molecular weight excluding hydrogens is 378 g/mol. The molecule has 26 heavy (non-hydrogen) atoms. The number of carbonyl (C=O) groups excluding carboxylic acids is 3. The number of thioether (sulfide) groups is 1. The maximum absolute atomic E-state index is 11.6. The van der Waals surface area contributed by atoms with Gasteiger partial charge in [0.2, 0.25) is 5.91 Å². The fourth-order valence-electron chi connectivity index (χ4n) is 1.91. The minimum Gasteiger partial charge on any atom is -0.482 e. The summed E-state index contributed by atoms with van der Waals surface area (Å²) >= 11 is 6.31. The highest BCUT2D eigenvalue weighted by molar-refractivity contribution is 8.23. The summed E-state index contributed by atoms with van der Waals surface area (Å²) in [5.41, 5.74) is 0.478. The minimum absolute atomic E-state index is 0.0828. The Morgan fingerprint density at radius 2 is 2.04 bits per heavy atom. The van der Waals surface area contributed by atoms with Gasteiger partial charge in [0.15, 0.2) is 13.2 Å². The van der Waals surface area contributed by atoms with E-state index in [4.69, 9.17) is 27.0 Å². The van der Waals surface area contributed by atoms with Gasteiger partial charge in [-0.05, 0) is 24.3 Å². The van der Waals surface area contributed by atoms with Crippen molar-refractivity contribution in [1.82, 2.24) is 10.2 Å². The van der Waals surface area contributed by atoms with E-state index in [0.717, 1.165) is 0 Å². The van der Waals surface area contributed by atoms with E-state index in [0.29, 0.717) is 21.4 Å². The number of rotatable bonds is 8. The first-order chi connectivity index (χ1) is 12.5. The van der Waals surface area contributed by atoms with E-state index in [1.165, 1.54) is 16.7 Å². The van der Waals surface area contributed by atoms with Crippen molar-refractivity contribution in [2.75, 3.05) is 32.1 Å². The highest BCUT2D eigenvalue weighted by atomic mass is 32.2. The highest BCUT2D eigenvalue weighted by Gasteiger charge is 2.25. The van der Waals surface area contributed by atoms with Gasteiger partial charge in [-0.15, -0.1) is 0 Å². The Balaban J connectivity index is 1.60. The van der Waals surface area contributed by atoms with Crippen LogP contribution in [0.2, 0.25) is 0 Å². The highest BCUT2D eigenvalue weighted by Crippen LogP contribution is 2.18. The van der Waals surface area contributed by atoms with E-state index in [1.54, 1.807) is 24.3 Å². The van der Waals surface area contributed by atoms with E-state index in [1.807, 2.05) is 6.07 Å². The van der Waals surface area contributed by atoms with Crippen LogP contribution in [-0.2, 0) is 19.1 Å². The number of thiocarbonyl (C=S) groups is 1. The lowest BCUT2D eigenvalue weighted by molar-refractivity contribution is -0.150. The lowest BCUT2D eigenvalue weighted by atomic mass is 10.2. The molecule has 2 amide bonds. The molecule has 0 spiro atoms. The van der Waals surface area contributed by atoms with Crippen molar-refractivity contribution in [3.63, 3.8) is 0 Å². The third kappa shape index (κ3) is 6.02. The lowest BCUT2D eigenvalue weighted by Crippen LogP contribution is -2.38. The number of nitriles is 1. The summed E-state index contributed by atoms with van der Waals surface area (Å²) in [6, 6.07) is 8.20. The molecule has 1 aromatic rings. The van der Waals surface area contributed by atoms with Gasteiger partial charge in [-0.25, -0.2) is 4.79 Å². The first-order valence-electron chi connectivity index (χ1n) is 7.52. The maximum Gasteiger partial charge on any atom is 0.344 e. The molecule has 0 atom stereocenters. The third-order valence-corrected chi connectivity index (χ3v) is 4.64. The zero-order valence-electron chi connectivity index (χ0n) is 13.6. The summed E-state index contributed by atoms with van der Waals surface area (Å²) in [6.07, 6.45) is 0. The number of amides is 2. The fraction of sp³-hybridized carbons (Fsp3) is 0.312. The van der Waals surface area contributed by atoms with E-state index in [9.17, 15) is 14.4 Å². The molecule has 1 fully saturated rings. The molecule has 1 saturated heterocycles. The molecule has 2 rings (SSSR count). The zero-order valence-corrected chi connectivity index (χ0v) is 15.2. The maximum atomic E-state index is 11.6. The fourth-order valence-corrected chi connectivity index (χ4v) is 3.03. The first kappa shape index (κ1) is 19.7. The van der Waals surface area contributed by atoms with E-state index in [2.05, 4.69) is 5.32 Å². The number of esters is 1. The van der Waals surface area contributed by atoms with Gasteiger partial charge < -0.3 is 14.8 Å². The average molecular weight is 393 g/mol. The number of benzene rings is 1. The van der Waals surface area contributed by atoms with Crippen molar-refractivity contribution in [3.05, 3.63) is 29.8 Å². The van der Waals surface area contributed by atoms with Crippen molar-refractivity contribution >= 4 is 46.1 Å². The molecule has 0 bridgehead atoms. The molecule has 1 aromatic carbocycles. The minimum atomic E-state index is -0.697. The van der Waals surface area contributed by atoms with Crippen LogP contribution in [0.4, 0.5) is 0 Å². The summed E-state index contributed by atoms with van der Waals surface area (Å²) in [5.74, 6) is -0.530. The summed E-state index contributed by atoms with van der Waals surface area (Å²) in [7, 11) is 0. The van der Waals surface area contributed by atoms with Gasteiger partial charge in [0.1, 0.15) is 10.1 Å². The Bertz CT molecular complexity index is 729. The van der Waals surface area contributed by atoms with Crippen LogP contribution in [0.25, 0.3) is 0 Å². The van der Waals surface area contributed by atoms with Gasteiger partial charge in [-0.1, -0.05) is 24.0 Å². The van der Waals surface area contributed by atoms with Gasteiger partial charge >= 0.3 is 5.97 Å². The van der Waals surface area contributed by atoms with Gasteiger partial charge in [-0.3, -0.25) is 14.5 Å². The predicted molar refractivity (Wildman–Crippen MR) is 97.4 cm³/mol. The monoisotopic (exact) mass is 393 g/mol. The van der Waals surface area contributed by atoms with Crippen LogP contribution in [0, 0.1) is 11.3 Å². The second-order valence-electron chi connectivity index (χ2n) is 5.04. The van der Waals surface area contributed by atoms with Crippen molar-refractivity contribution in [1.29, 1.82) is 5.26 Å². The Hall–Kier alpha value is -2.64. The van der Waals surface area contributed by atoms with Crippen LogP contribution >= 0.6 is 24.0 Å². The topological polar surface area (TPSA) is 109 Å². The molecule has 1 aliphatic heterocycles.